The van der Waals surface area contributed by atoms with Crippen molar-refractivity contribution in [2.75, 3.05) is 7.11 Å². The Balaban J connectivity index is 1.90. The van der Waals surface area contributed by atoms with Crippen molar-refractivity contribution in [1.29, 1.82) is 0 Å². The Kier molecular flexibility index (Phi) is 5.75. The molecule has 0 aliphatic carbocycles. The minimum Gasteiger partial charge on any atom is -0.497 e. The number of aromatic nitrogens is 1. The van der Waals surface area contributed by atoms with Gasteiger partial charge in [-0.15, -0.1) is 16.4 Å². The number of aryl methyl sites for hydroxylation is 2. The lowest BCUT2D eigenvalue weighted by molar-refractivity contribution is 0.414. The van der Waals surface area contributed by atoms with Crippen LogP contribution in [0.3, 0.4) is 0 Å². The number of rotatable bonds is 5. The van der Waals surface area contributed by atoms with Crippen molar-refractivity contribution in [2.45, 2.75) is 20.8 Å². The molecule has 0 spiro atoms. The highest BCUT2D eigenvalue weighted by Crippen LogP contribution is 2.31. The third kappa shape index (κ3) is 4.37. The number of hydrogen-bond acceptors (Lipinski definition) is 5. The first-order chi connectivity index (χ1) is 13.4. The van der Waals surface area contributed by atoms with Crippen LogP contribution in [0.25, 0.3) is 21.7 Å². The number of nitrogens with two attached hydrogens (primary N) is 2. The number of hydrogen-bond donors (Lipinski definition) is 2. The van der Waals surface area contributed by atoms with E-state index in [0.717, 1.165) is 49.3 Å². The molecule has 0 bridgehead atoms. The van der Waals surface area contributed by atoms with Crippen LogP contribution in [0.15, 0.2) is 52.7 Å². The summed E-state index contributed by atoms with van der Waals surface area (Å²) in [6.45, 7) is 5.88. The first kappa shape index (κ1) is 19.6. The Labute approximate surface area is 168 Å². The van der Waals surface area contributed by atoms with Crippen LogP contribution >= 0.6 is 11.3 Å². The molecule has 0 amide bonds. The van der Waals surface area contributed by atoms with Crippen molar-refractivity contribution in [2.24, 2.45) is 21.7 Å². The SMILES string of the molecule is COc1cc(C)cc(-c2ccc(-c3nc(C)c(/C(C)=N/N=C(N)N)s3)cc2)c1. The fourth-order valence-electron chi connectivity index (χ4n) is 2.87. The summed E-state index contributed by atoms with van der Waals surface area (Å²) >= 11 is 1.57. The average Bonchev–Trinajstić information content (AvgIpc) is 3.07. The van der Waals surface area contributed by atoms with E-state index in [0.29, 0.717) is 0 Å². The number of benzene rings is 2. The highest BCUT2D eigenvalue weighted by Gasteiger charge is 2.12. The van der Waals surface area contributed by atoms with E-state index in [9.17, 15) is 0 Å². The van der Waals surface area contributed by atoms with Gasteiger partial charge in [-0.05, 0) is 49.6 Å². The van der Waals surface area contributed by atoms with Gasteiger partial charge in [0, 0.05) is 5.56 Å². The van der Waals surface area contributed by atoms with Crippen molar-refractivity contribution >= 4 is 23.0 Å². The lowest BCUT2D eigenvalue weighted by Crippen LogP contribution is -2.22. The first-order valence-electron chi connectivity index (χ1n) is 8.75. The summed E-state index contributed by atoms with van der Waals surface area (Å²) in [7, 11) is 1.68. The molecule has 0 atom stereocenters. The highest BCUT2D eigenvalue weighted by atomic mass is 32.1. The molecule has 0 radical (unpaired) electrons. The third-order valence-electron chi connectivity index (χ3n) is 4.19. The zero-order valence-corrected chi connectivity index (χ0v) is 17.2. The van der Waals surface area contributed by atoms with E-state index in [1.165, 1.54) is 0 Å². The zero-order valence-electron chi connectivity index (χ0n) is 16.4. The van der Waals surface area contributed by atoms with Crippen LogP contribution < -0.4 is 16.2 Å². The minimum absolute atomic E-state index is 0.0647. The second-order valence-corrected chi connectivity index (χ2v) is 7.46. The highest BCUT2D eigenvalue weighted by molar-refractivity contribution is 7.17. The Bertz CT molecular complexity index is 1050. The van der Waals surface area contributed by atoms with Crippen molar-refractivity contribution < 1.29 is 4.74 Å². The standard InChI is InChI=1S/C21H23N5OS/c1-12-9-17(11-18(10-12)27-4)15-5-7-16(8-6-15)20-24-13(2)19(28-20)14(3)25-26-21(22)23/h5-11H,1-4H3,(H4,22,23,26)/b25-14+. The topological polar surface area (TPSA) is 98.9 Å². The monoisotopic (exact) mass is 393 g/mol. The third-order valence-corrected chi connectivity index (χ3v) is 5.51. The van der Waals surface area contributed by atoms with E-state index in [2.05, 4.69) is 52.4 Å². The molecule has 28 heavy (non-hydrogen) atoms. The Morgan fingerprint density at radius 1 is 0.964 bits per heavy atom. The lowest BCUT2D eigenvalue weighted by atomic mass is 10.0. The molecular formula is C21H23N5OS. The molecule has 1 aromatic heterocycles. The fraction of sp³-hybridized carbons (Fsp3) is 0.190. The van der Waals surface area contributed by atoms with Crippen LogP contribution in [0, 0.1) is 13.8 Å². The molecular weight excluding hydrogens is 370 g/mol. The van der Waals surface area contributed by atoms with Crippen molar-refractivity contribution in [3.8, 4) is 27.4 Å². The second-order valence-electron chi connectivity index (χ2n) is 6.46. The van der Waals surface area contributed by atoms with Crippen LogP contribution in [0.1, 0.15) is 23.1 Å². The quantitative estimate of drug-likeness (QED) is 0.387. The van der Waals surface area contributed by atoms with Gasteiger partial charge in [-0.2, -0.15) is 5.10 Å². The predicted octanol–water partition coefficient (Wildman–Crippen LogP) is 4.10. The van der Waals surface area contributed by atoms with Gasteiger partial charge in [0.15, 0.2) is 0 Å². The lowest BCUT2D eigenvalue weighted by Gasteiger charge is -2.07. The van der Waals surface area contributed by atoms with Gasteiger partial charge < -0.3 is 16.2 Å². The molecule has 3 aromatic rings. The molecule has 2 aromatic carbocycles. The summed E-state index contributed by atoms with van der Waals surface area (Å²) in [5.74, 6) is 0.792. The van der Waals surface area contributed by atoms with Crippen LogP contribution in [0.2, 0.25) is 0 Å². The van der Waals surface area contributed by atoms with Gasteiger partial charge in [-0.3, -0.25) is 0 Å². The normalized spacial score (nSPS) is 11.4. The second kappa shape index (κ2) is 8.22. The predicted molar refractivity (Wildman–Crippen MR) is 117 cm³/mol. The molecule has 4 N–H and O–H groups in total. The number of ether oxygens (including phenoxy) is 1. The van der Waals surface area contributed by atoms with Crippen LogP contribution in [0.4, 0.5) is 0 Å². The summed E-state index contributed by atoms with van der Waals surface area (Å²) < 4.78 is 5.38. The van der Waals surface area contributed by atoms with Gasteiger partial charge in [0.05, 0.1) is 23.4 Å². The van der Waals surface area contributed by atoms with Crippen molar-refractivity contribution in [3.63, 3.8) is 0 Å². The van der Waals surface area contributed by atoms with Crippen LogP contribution in [-0.4, -0.2) is 23.8 Å². The van der Waals surface area contributed by atoms with E-state index < -0.39 is 0 Å². The summed E-state index contributed by atoms with van der Waals surface area (Å²) in [4.78, 5) is 5.64. The van der Waals surface area contributed by atoms with Crippen LogP contribution in [-0.2, 0) is 0 Å². The smallest absolute Gasteiger partial charge is 0.211 e. The largest absolute Gasteiger partial charge is 0.497 e. The summed E-state index contributed by atoms with van der Waals surface area (Å²) in [6, 6.07) is 14.6. The fourth-order valence-corrected chi connectivity index (χ4v) is 3.88. The zero-order chi connectivity index (χ0) is 20.3. The average molecular weight is 394 g/mol. The molecule has 144 valence electrons. The summed E-state index contributed by atoms with van der Waals surface area (Å²) in [6.07, 6.45) is 0. The number of nitrogens with zero attached hydrogens (tertiary/aromatic N) is 3. The Morgan fingerprint density at radius 3 is 2.29 bits per heavy atom. The number of methoxy groups -OCH3 is 1. The maximum Gasteiger partial charge on any atom is 0.211 e. The van der Waals surface area contributed by atoms with E-state index in [-0.39, 0.29) is 5.96 Å². The first-order valence-corrected chi connectivity index (χ1v) is 9.56. The summed E-state index contributed by atoms with van der Waals surface area (Å²) in [5.41, 5.74) is 16.8. The van der Waals surface area contributed by atoms with Crippen LogP contribution in [0.5, 0.6) is 5.75 Å². The molecule has 0 aliphatic rings. The minimum atomic E-state index is -0.0647. The van der Waals surface area contributed by atoms with Crippen molar-refractivity contribution in [1.82, 2.24) is 4.98 Å². The van der Waals surface area contributed by atoms with E-state index in [1.807, 2.05) is 26.0 Å². The molecule has 7 heteroatoms. The summed E-state index contributed by atoms with van der Waals surface area (Å²) in [5, 5.41) is 8.70. The number of thiazole rings is 1. The van der Waals surface area contributed by atoms with Gasteiger partial charge >= 0.3 is 0 Å². The Hall–Kier alpha value is -3.19. The molecule has 0 saturated carbocycles. The molecule has 0 saturated heterocycles. The van der Waals surface area contributed by atoms with Gasteiger partial charge in [0.2, 0.25) is 5.96 Å². The van der Waals surface area contributed by atoms with Gasteiger partial charge in [0.25, 0.3) is 0 Å². The molecule has 0 fully saturated rings. The van der Waals surface area contributed by atoms with E-state index in [1.54, 1.807) is 18.4 Å². The Morgan fingerprint density at radius 2 is 1.64 bits per heavy atom. The van der Waals surface area contributed by atoms with Gasteiger partial charge in [0.1, 0.15) is 10.8 Å². The van der Waals surface area contributed by atoms with Crippen molar-refractivity contribution in [3.05, 3.63) is 58.6 Å². The number of guanidine groups is 1. The molecule has 0 unspecified atom stereocenters. The molecule has 3 rings (SSSR count). The maximum atomic E-state index is 5.38. The van der Waals surface area contributed by atoms with E-state index in [4.69, 9.17) is 16.2 Å². The molecule has 1 heterocycles. The van der Waals surface area contributed by atoms with Gasteiger partial charge in [-0.1, -0.05) is 30.3 Å². The maximum absolute atomic E-state index is 5.38. The molecule has 0 aliphatic heterocycles. The molecule has 6 nitrogen and oxygen atoms in total. The van der Waals surface area contributed by atoms with E-state index >= 15 is 0 Å². The van der Waals surface area contributed by atoms with Gasteiger partial charge in [-0.25, -0.2) is 4.98 Å².